The second-order valence-corrected chi connectivity index (χ2v) is 4.05. The molecule has 1 aromatic rings. The molecule has 0 saturated carbocycles. The molecule has 1 atom stereocenters. The first-order valence-electron chi connectivity index (χ1n) is 5.48. The van der Waals surface area contributed by atoms with Gasteiger partial charge in [-0.1, -0.05) is 0 Å². The summed E-state index contributed by atoms with van der Waals surface area (Å²) in [6.07, 6.45) is 0.435. The number of nitrogens with one attached hydrogen (secondary N) is 1. The number of hydrogen-bond acceptors (Lipinski definition) is 2. The van der Waals surface area contributed by atoms with E-state index in [9.17, 15) is 9.18 Å². The minimum Gasteiger partial charge on any atom is -0.367 e. The largest absolute Gasteiger partial charge is 0.367 e. The third-order valence-electron chi connectivity index (χ3n) is 2.90. The zero-order chi connectivity index (χ0) is 11.7. The quantitative estimate of drug-likeness (QED) is 0.791. The van der Waals surface area contributed by atoms with E-state index in [1.165, 1.54) is 12.1 Å². The van der Waals surface area contributed by atoms with E-state index in [1.807, 2.05) is 13.8 Å². The molecule has 0 saturated heterocycles. The Kier molecular flexibility index (Phi) is 2.81. The summed E-state index contributed by atoms with van der Waals surface area (Å²) in [4.78, 5) is 13.7. The number of amides is 1. The summed E-state index contributed by atoms with van der Waals surface area (Å²) in [5.41, 5.74) is 1.46. The molecule has 1 aliphatic rings. The van der Waals surface area contributed by atoms with Crippen LogP contribution in [0.2, 0.25) is 0 Å². The summed E-state index contributed by atoms with van der Waals surface area (Å²) in [6, 6.07) is 4.65. The van der Waals surface area contributed by atoms with Crippen molar-refractivity contribution in [3.05, 3.63) is 24.0 Å². The van der Waals surface area contributed by atoms with E-state index in [2.05, 4.69) is 10.2 Å². The number of fused-ring (bicyclic) bond motifs is 1. The minimum absolute atomic E-state index is 0.0599. The van der Waals surface area contributed by atoms with Gasteiger partial charge >= 0.3 is 0 Å². The van der Waals surface area contributed by atoms with Crippen LogP contribution >= 0.6 is 0 Å². The molecule has 1 heterocycles. The number of anilines is 2. The van der Waals surface area contributed by atoms with Crippen LogP contribution in [0.15, 0.2) is 18.2 Å². The standard InChI is InChI=1S/C12H15FN2O/c1-3-15-8(2)6-12(16)14-10-7-9(13)4-5-11(10)15/h4-5,7-8H,3,6H2,1-2H3,(H,14,16). The van der Waals surface area contributed by atoms with Gasteiger partial charge in [-0.25, -0.2) is 4.39 Å². The molecule has 2 rings (SSSR count). The maximum atomic E-state index is 13.1. The average Bonchev–Trinajstić information content (AvgIpc) is 2.32. The third-order valence-corrected chi connectivity index (χ3v) is 2.90. The molecule has 3 nitrogen and oxygen atoms in total. The van der Waals surface area contributed by atoms with Crippen LogP contribution in [0.25, 0.3) is 0 Å². The van der Waals surface area contributed by atoms with Gasteiger partial charge in [0.25, 0.3) is 0 Å². The van der Waals surface area contributed by atoms with Gasteiger partial charge in [0.15, 0.2) is 0 Å². The Morgan fingerprint density at radius 2 is 2.31 bits per heavy atom. The van der Waals surface area contributed by atoms with Crippen LogP contribution in [-0.4, -0.2) is 18.5 Å². The van der Waals surface area contributed by atoms with Crippen molar-refractivity contribution in [3.63, 3.8) is 0 Å². The van der Waals surface area contributed by atoms with Gasteiger partial charge in [-0.05, 0) is 32.0 Å². The third kappa shape index (κ3) is 1.87. The van der Waals surface area contributed by atoms with E-state index in [4.69, 9.17) is 0 Å². The number of hydrogen-bond donors (Lipinski definition) is 1. The van der Waals surface area contributed by atoms with E-state index in [1.54, 1.807) is 6.07 Å². The van der Waals surface area contributed by atoms with Gasteiger partial charge in [0.05, 0.1) is 11.4 Å². The molecule has 1 aliphatic heterocycles. The number of rotatable bonds is 1. The fourth-order valence-corrected chi connectivity index (χ4v) is 2.16. The maximum absolute atomic E-state index is 13.1. The predicted molar refractivity (Wildman–Crippen MR) is 62.1 cm³/mol. The van der Waals surface area contributed by atoms with Gasteiger partial charge in [-0.15, -0.1) is 0 Å². The van der Waals surface area contributed by atoms with Gasteiger partial charge in [-0.2, -0.15) is 0 Å². The lowest BCUT2D eigenvalue weighted by atomic mass is 10.2. The summed E-state index contributed by atoms with van der Waals surface area (Å²) >= 11 is 0. The van der Waals surface area contributed by atoms with Crippen molar-refractivity contribution in [1.29, 1.82) is 0 Å². The van der Waals surface area contributed by atoms with Crippen molar-refractivity contribution in [2.24, 2.45) is 0 Å². The van der Waals surface area contributed by atoms with Crippen molar-refractivity contribution in [1.82, 2.24) is 0 Å². The van der Waals surface area contributed by atoms with Crippen LogP contribution in [0, 0.1) is 5.82 Å². The van der Waals surface area contributed by atoms with Crippen LogP contribution in [-0.2, 0) is 4.79 Å². The normalized spacial score (nSPS) is 20.1. The Morgan fingerprint density at radius 1 is 1.56 bits per heavy atom. The van der Waals surface area contributed by atoms with Gasteiger partial charge in [0, 0.05) is 19.0 Å². The molecular weight excluding hydrogens is 207 g/mol. The van der Waals surface area contributed by atoms with Crippen LogP contribution in [0.1, 0.15) is 20.3 Å². The van der Waals surface area contributed by atoms with Crippen molar-refractivity contribution < 1.29 is 9.18 Å². The monoisotopic (exact) mass is 222 g/mol. The maximum Gasteiger partial charge on any atom is 0.226 e. The Labute approximate surface area is 94.3 Å². The molecule has 0 spiro atoms. The summed E-state index contributed by atoms with van der Waals surface area (Å²) in [5.74, 6) is -0.389. The van der Waals surface area contributed by atoms with E-state index < -0.39 is 0 Å². The predicted octanol–water partition coefficient (Wildman–Crippen LogP) is 2.38. The Bertz CT molecular complexity index is 419. The number of halogens is 1. The molecule has 0 bridgehead atoms. The highest BCUT2D eigenvalue weighted by Gasteiger charge is 2.23. The zero-order valence-corrected chi connectivity index (χ0v) is 9.46. The summed E-state index contributed by atoms with van der Waals surface area (Å²) in [7, 11) is 0. The van der Waals surface area contributed by atoms with Crippen LogP contribution < -0.4 is 10.2 Å². The summed E-state index contributed by atoms with van der Waals surface area (Å²) in [5, 5.41) is 2.74. The first-order valence-corrected chi connectivity index (χ1v) is 5.48. The lowest BCUT2D eigenvalue weighted by Crippen LogP contribution is -2.33. The van der Waals surface area contributed by atoms with E-state index in [0.29, 0.717) is 12.1 Å². The number of carbonyl (C=O) groups excluding carboxylic acids is 1. The van der Waals surface area contributed by atoms with Crippen molar-refractivity contribution in [2.45, 2.75) is 26.3 Å². The highest BCUT2D eigenvalue weighted by Crippen LogP contribution is 2.31. The molecule has 4 heteroatoms. The zero-order valence-electron chi connectivity index (χ0n) is 9.46. The molecule has 1 amide bonds. The van der Waals surface area contributed by atoms with Gasteiger partial charge < -0.3 is 10.2 Å². The van der Waals surface area contributed by atoms with Crippen molar-refractivity contribution >= 4 is 17.3 Å². The van der Waals surface area contributed by atoms with Gasteiger partial charge in [0.2, 0.25) is 5.91 Å². The highest BCUT2D eigenvalue weighted by molar-refractivity contribution is 5.96. The van der Waals surface area contributed by atoms with E-state index in [-0.39, 0.29) is 17.8 Å². The summed E-state index contributed by atoms with van der Waals surface area (Å²) in [6.45, 7) is 4.83. The van der Waals surface area contributed by atoms with E-state index in [0.717, 1.165) is 12.2 Å². The number of carbonyl (C=O) groups is 1. The van der Waals surface area contributed by atoms with Crippen LogP contribution in [0.5, 0.6) is 0 Å². The lowest BCUT2D eigenvalue weighted by molar-refractivity contribution is -0.116. The summed E-state index contributed by atoms with van der Waals surface area (Å²) < 4.78 is 13.1. The van der Waals surface area contributed by atoms with Crippen molar-refractivity contribution in [2.75, 3.05) is 16.8 Å². The number of nitrogens with zero attached hydrogens (tertiary/aromatic N) is 1. The lowest BCUT2D eigenvalue weighted by Gasteiger charge is -2.28. The highest BCUT2D eigenvalue weighted by atomic mass is 19.1. The van der Waals surface area contributed by atoms with Crippen LogP contribution in [0.4, 0.5) is 15.8 Å². The molecule has 16 heavy (non-hydrogen) atoms. The first-order chi connectivity index (χ1) is 7.61. The molecule has 1 unspecified atom stereocenters. The molecule has 0 aromatic heterocycles. The van der Waals surface area contributed by atoms with E-state index >= 15 is 0 Å². The van der Waals surface area contributed by atoms with Crippen molar-refractivity contribution in [3.8, 4) is 0 Å². The molecule has 0 aliphatic carbocycles. The topological polar surface area (TPSA) is 32.3 Å². The molecule has 1 aromatic carbocycles. The smallest absolute Gasteiger partial charge is 0.226 e. The van der Waals surface area contributed by atoms with Crippen LogP contribution in [0.3, 0.4) is 0 Å². The number of benzene rings is 1. The fraction of sp³-hybridized carbons (Fsp3) is 0.417. The second-order valence-electron chi connectivity index (χ2n) is 4.05. The second kappa shape index (κ2) is 4.12. The fourth-order valence-electron chi connectivity index (χ4n) is 2.16. The first kappa shape index (κ1) is 10.9. The Balaban J connectivity index is 2.49. The Morgan fingerprint density at radius 3 is 3.00 bits per heavy atom. The average molecular weight is 222 g/mol. The molecule has 0 radical (unpaired) electrons. The molecule has 86 valence electrons. The van der Waals surface area contributed by atoms with Gasteiger partial charge in [-0.3, -0.25) is 4.79 Å². The Hall–Kier alpha value is -1.58. The minimum atomic E-state index is -0.329. The van der Waals surface area contributed by atoms with Gasteiger partial charge in [0.1, 0.15) is 5.82 Å². The molecule has 1 N–H and O–H groups in total. The SMILES string of the molecule is CCN1c2ccc(F)cc2NC(=O)CC1C. The molecule has 0 fully saturated rings. The molecular formula is C12H15FN2O.